The maximum Gasteiger partial charge on any atom is 0.120 e. The fraction of sp³-hybridized carbons (Fsp3) is 0.733. The molecule has 2 N–H and O–H groups in total. The first-order chi connectivity index (χ1) is 8.84. The minimum Gasteiger partial charge on any atom is -0.468 e. The van der Waals surface area contributed by atoms with Crippen molar-refractivity contribution >= 4 is 0 Å². The average Bonchev–Trinajstić information content (AvgIpc) is 3.11. The molecular formula is C15H24N2O. The fourth-order valence-electron chi connectivity index (χ4n) is 3.70. The number of furan rings is 1. The highest BCUT2D eigenvalue weighted by molar-refractivity contribution is 5.04. The van der Waals surface area contributed by atoms with Gasteiger partial charge in [0.15, 0.2) is 0 Å². The Morgan fingerprint density at radius 3 is 3.00 bits per heavy atom. The monoisotopic (exact) mass is 248 g/mol. The molecule has 2 fully saturated rings. The van der Waals surface area contributed by atoms with Crippen molar-refractivity contribution in [3.05, 3.63) is 24.2 Å². The Hall–Kier alpha value is -0.800. The van der Waals surface area contributed by atoms with Crippen molar-refractivity contribution in [3.63, 3.8) is 0 Å². The van der Waals surface area contributed by atoms with Crippen LogP contribution in [0.5, 0.6) is 0 Å². The van der Waals surface area contributed by atoms with Gasteiger partial charge < -0.3 is 15.1 Å². The van der Waals surface area contributed by atoms with Crippen molar-refractivity contribution in [2.75, 3.05) is 6.54 Å². The Bertz CT molecular complexity index is 357. The lowest BCUT2D eigenvalue weighted by atomic mass is 9.92. The predicted octanol–water partition coefficient (Wildman–Crippen LogP) is 2.85. The molecule has 1 aliphatic carbocycles. The highest BCUT2D eigenvalue weighted by Crippen LogP contribution is 2.33. The van der Waals surface area contributed by atoms with Crippen LogP contribution in [0.25, 0.3) is 0 Å². The van der Waals surface area contributed by atoms with Crippen molar-refractivity contribution < 1.29 is 4.42 Å². The third-order valence-electron chi connectivity index (χ3n) is 4.62. The van der Waals surface area contributed by atoms with E-state index in [1.807, 2.05) is 6.07 Å². The van der Waals surface area contributed by atoms with Gasteiger partial charge in [0.1, 0.15) is 5.76 Å². The molecule has 2 aliphatic rings. The van der Waals surface area contributed by atoms with E-state index in [2.05, 4.69) is 23.6 Å². The van der Waals surface area contributed by atoms with Crippen LogP contribution in [0.1, 0.15) is 50.8 Å². The average molecular weight is 248 g/mol. The molecule has 2 heterocycles. The molecule has 100 valence electrons. The maximum atomic E-state index is 5.49. The molecule has 3 heteroatoms. The van der Waals surface area contributed by atoms with Gasteiger partial charge in [-0.25, -0.2) is 0 Å². The van der Waals surface area contributed by atoms with Gasteiger partial charge in [-0.05, 0) is 57.2 Å². The quantitative estimate of drug-likeness (QED) is 0.860. The van der Waals surface area contributed by atoms with Gasteiger partial charge in [0.25, 0.3) is 0 Å². The Morgan fingerprint density at radius 1 is 1.33 bits per heavy atom. The van der Waals surface area contributed by atoms with Gasteiger partial charge >= 0.3 is 0 Å². The van der Waals surface area contributed by atoms with Crippen LogP contribution in [0.2, 0.25) is 0 Å². The molecule has 0 radical (unpaired) electrons. The largest absolute Gasteiger partial charge is 0.468 e. The van der Waals surface area contributed by atoms with E-state index in [9.17, 15) is 0 Å². The number of rotatable bonds is 4. The first-order valence-electron chi connectivity index (χ1n) is 7.37. The molecule has 1 aromatic heterocycles. The highest BCUT2D eigenvalue weighted by Gasteiger charge is 2.35. The summed E-state index contributed by atoms with van der Waals surface area (Å²) in [6.07, 6.45) is 8.53. The molecule has 3 rings (SSSR count). The summed E-state index contributed by atoms with van der Waals surface area (Å²) in [4.78, 5) is 0. The summed E-state index contributed by atoms with van der Waals surface area (Å²) in [5, 5.41) is 7.45. The molecule has 1 saturated heterocycles. The predicted molar refractivity (Wildman–Crippen MR) is 72.4 cm³/mol. The minimum atomic E-state index is 0.326. The van der Waals surface area contributed by atoms with E-state index in [0.29, 0.717) is 12.1 Å². The molecule has 0 bridgehead atoms. The van der Waals surface area contributed by atoms with Crippen LogP contribution in [0, 0.1) is 5.92 Å². The normalized spacial score (nSPS) is 33.9. The molecule has 1 aliphatic heterocycles. The first kappa shape index (κ1) is 12.2. The number of nitrogens with one attached hydrogen (secondary N) is 2. The van der Waals surface area contributed by atoms with E-state index in [-0.39, 0.29) is 0 Å². The van der Waals surface area contributed by atoms with E-state index >= 15 is 0 Å². The summed E-state index contributed by atoms with van der Waals surface area (Å²) < 4.78 is 5.49. The van der Waals surface area contributed by atoms with E-state index in [1.54, 1.807) is 6.26 Å². The smallest absolute Gasteiger partial charge is 0.120 e. The molecule has 0 amide bonds. The second kappa shape index (κ2) is 5.45. The molecule has 4 unspecified atom stereocenters. The second-order valence-electron chi connectivity index (χ2n) is 5.81. The molecule has 1 aromatic rings. The third kappa shape index (κ3) is 2.47. The summed E-state index contributed by atoms with van der Waals surface area (Å²) in [6.45, 7) is 3.41. The molecule has 4 atom stereocenters. The van der Waals surface area contributed by atoms with Crippen molar-refractivity contribution in [3.8, 4) is 0 Å². The van der Waals surface area contributed by atoms with E-state index in [4.69, 9.17) is 4.42 Å². The Morgan fingerprint density at radius 2 is 2.28 bits per heavy atom. The summed E-state index contributed by atoms with van der Waals surface area (Å²) in [7, 11) is 0. The van der Waals surface area contributed by atoms with Crippen LogP contribution in [-0.2, 0) is 0 Å². The topological polar surface area (TPSA) is 37.2 Å². The molecular weight excluding hydrogens is 224 g/mol. The van der Waals surface area contributed by atoms with E-state index in [0.717, 1.165) is 17.7 Å². The van der Waals surface area contributed by atoms with Crippen LogP contribution in [0.15, 0.2) is 22.8 Å². The van der Waals surface area contributed by atoms with Gasteiger partial charge in [-0.15, -0.1) is 0 Å². The third-order valence-corrected chi connectivity index (χ3v) is 4.62. The van der Waals surface area contributed by atoms with Crippen LogP contribution in [0.3, 0.4) is 0 Å². The zero-order valence-electron chi connectivity index (χ0n) is 11.2. The van der Waals surface area contributed by atoms with Crippen molar-refractivity contribution in [2.45, 2.75) is 57.2 Å². The zero-order chi connectivity index (χ0) is 12.4. The maximum absolute atomic E-state index is 5.49. The van der Waals surface area contributed by atoms with Crippen molar-refractivity contribution in [2.24, 2.45) is 5.92 Å². The lowest BCUT2D eigenvalue weighted by molar-refractivity contribution is 0.290. The first-order valence-corrected chi connectivity index (χ1v) is 7.37. The lowest BCUT2D eigenvalue weighted by Crippen LogP contribution is -2.42. The van der Waals surface area contributed by atoms with Gasteiger partial charge in [0.2, 0.25) is 0 Å². The molecule has 1 saturated carbocycles. The molecule has 3 nitrogen and oxygen atoms in total. The molecule has 0 spiro atoms. The SMILES string of the molecule is CC(NC1CCCC1C1CCCN1)c1ccco1. The van der Waals surface area contributed by atoms with E-state index < -0.39 is 0 Å². The van der Waals surface area contributed by atoms with Gasteiger partial charge in [-0.1, -0.05) is 6.42 Å². The van der Waals surface area contributed by atoms with Gasteiger partial charge in [0, 0.05) is 12.1 Å². The standard InChI is InChI=1S/C15H24N2O/c1-11(15-8-4-10-18-15)17-14-6-2-5-12(14)13-7-3-9-16-13/h4,8,10-14,16-17H,2-3,5-7,9H2,1H3. The summed E-state index contributed by atoms with van der Waals surface area (Å²) in [5.74, 6) is 1.87. The Kier molecular flexibility index (Phi) is 3.71. The van der Waals surface area contributed by atoms with Crippen molar-refractivity contribution in [1.29, 1.82) is 0 Å². The number of hydrogen-bond acceptors (Lipinski definition) is 3. The van der Waals surface area contributed by atoms with Crippen LogP contribution < -0.4 is 10.6 Å². The van der Waals surface area contributed by atoms with E-state index in [1.165, 1.54) is 38.6 Å². The highest BCUT2D eigenvalue weighted by atomic mass is 16.3. The summed E-state index contributed by atoms with van der Waals surface area (Å²) in [5.41, 5.74) is 0. The van der Waals surface area contributed by atoms with Crippen LogP contribution in [0.4, 0.5) is 0 Å². The van der Waals surface area contributed by atoms with Gasteiger partial charge in [-0.2, -0.15) is 0 Å². The van der Waals surface area contributed by atoms with Crippen LogP contribution in [-0.4, -0.2) is 18.6 Å². The summed E-state index contributed by atoms with van der Waals surface area (Å²) in [6, 6.07) is 5.76. The Balaban J connectivity index is 1.60. The van der Waals surface area contributed by atoms with Gasteiger partial charge in [0.05, 0.1) is 12.3 Å². The zero-order valence-corrected chi connectivity index (χ0v) is 11.2. The van der Waals surface area contributed by atoms with Gasteiger partial charge in [-0.3, -0.25) is 0 Å². The fourth-order valence-corrected chi connectivity index (χ4v) is 3.70. The minimum absolute atomic E-state index is 0.326. The lowest BCUT2D eigenvalue weighted by Gasteiger charge is -2.28. The molecule has 0 aromatic carbocycles. The van der Waals surface area contributed by atoms with Crippen molar-refractivity contribution in [1.82, 2.24) is 10.6 Å². The number of hydrogen-bond donors (Lipinski definition) is 2. The molecule has 18 heavy (non-hydrogen) atoms. The summed E-state index contributed by atoms with van der Waals surface area (Å²) >= 11 is 0. The second-order valence-corrected chi connectivity index (χ2v) is 5.81. The van der Waals surface area contributed by atoms with Crippen LogP contribution >= 0.6 is 0 Å². The Labute approximate surface area is 109 Å².